The van der Waals surface area contributed by atoms with Gasteiger partial charge in [-0.05, 0) is 35.9 Å². The molecule has 2 aromatic carbocycles. The standard InChI is InChI=1S/C17H16Cl2N2O3/c1-21(17(22)20-12-3-4-13(18)14(19)9-12)10-11-2-5-15-16(8-11)24-7-6-23-15/h2-5,8-9H,6-7,10H2,1H3,(H,20,22). The number of halogens is 2. The molecule has 0 radical (unpaired) electrons. The Morgan fingerprint density at radius 3 is 2.58 bits per heavy atom. The fourth-order valence-corrected chi connectivity index (χ4v) is 2.62. The molecule has 1 aliphatic heterocycles. The van der Waals surface area contributed by atoms with Gasteiger partial charge in [0.1, 0.15) is 13.2 Å². The maximum atomic E-state index is 12.3. The highest BCUT2D eigenvalue weighted by Gasteiger charge is 2.14. The van der Waals surface area contributed by atoms with Crippen molar-refractivity contribution in [1.82, 2.24) is 4.90 Å². The molecule has 0 spiro atoms. The molecule has 0 bridgehead atoms. The second kappa shape index (κ2) is 7.20. The molecule has 0 unspecified atom stereocenters. The van der Waals surface area contributed by atoms with Crippen molar-refractivity contribution in [2.75, 3.05) is 25.6 Å². The van der Waals surface area contributed by atoms with Crippen LogP contribution in [0.3, 0.4) is 0 Å². The number of anilines is 1. The van der Waals surface area contributed by atoms with Gasteiger partial charge in [0.2, 0.25) is 0 Å². The summed E-state index contributed by atoms with van der Waals surface area (Å²) in [6.45, 7) is 1.52. The van der Waals surface area contributed by atoms with Crippen molar-refractivity contribution in [2.24, 2.45) is 0 Å². The zero-order chi connectivity index (χ0) is 17.1. The molecule has 24 heavy (non-hydrogen) atoms. The number of hydrogen-bond donors (Lipinski definition) is 1. The third-order valence-corrected chi connectivity index (χ3v) is 4.28. The first-order chi connectivity index (χ1) is 11.5. The summed E-state index contributed by atoms with van der Waals surface area (Å²) in [6, 6.07) is 10.4. The van der Waals surface area contributed by atoms with Gasteiger partial charge in [0.25, 0.3) is 0 Å². The number of rotatable bonds is 3. The SMILES string of the molecule is CN(Cc1ccc2c(c1)OCCO2)C(=O)Nc1ccc(Cl)c(Cl)c1. The molecule has 2 aromatic rings. The monoisotopic (exact) mass is 366 g/mol. The van der Waals surface area contributed by atoms with E-state index in [9.17, 15) is 4.79 Å². The number of nitrogens with one attached hydrogen (secondary N) is 1. The van der Waals surface area contributed by atoms with Crippen LogP contribution in [-0.4, -0.2) is 31.2 Å². The zero-order valence-electron chi connectivity index (χ0n) is 13.0. The first-order valence-corrected chi connectivity index (χ1v) is 8.14. The van der Waals surface area contributed by atoms with Gasteiger partial charge in [-0.2, -0.15) is 0 Å². The van der Waals surface area contributed by atoms with E-state index in [4.69, 9.17) is 32.7 Å². The molecule has 126 valence electrons. The minimum Gasteiger partial charge on any atom is -0.486 e. The zero-order valence-corrected chi connectivity index (χ0v) is 14.5. The van der Waals surface area contributed by atoms with E-state index in [1.807, 2.05) is 18.2 Å². The summed E-state index contributed by atoms with van der Waals surface area (Å²) >= 11 is 11.8. The quantitative estimate of drug-likeness (QED) is 0.873. The van der Waals surface area contributed by atoms with E-state index in [2.05, 4.69) is 5.32 Å². The van der Waals surface area contributed by atoms with Crippen LogP contribution in [0.2, 0.25) is 10.0 Å². The van der Waals surface area contributed by atoms with E-state index in [1.165, 1.54) is 0 Å². The summed E-state index contributed by atoms with van der Waals surface area (Å²) < 4.78 is 11.0. The van der Waals surface area contributed by atoms with Gasteiger partial charge < -0.3 is 19.7 Å². The number of nitrogens with zero attached hydrogens (tertiary/aromatic N) is 1. The van der Waals surface area contributed by atoms with Crippen LogP contribution in [0.1, 0.15) is 5.56 Å². The number of ether oxygens (including phenoxy) is 2. The Kier molecular flexibility index (Phi) is 5.02. The summed E-state index contributed by atoms with van der Waals surface area (Å²) in [5, 5.41) is 3.62. The molecule has 1 aliphatic rings. The molecule has 3 rings (SSSR count). The van der Waals surface area contributed by atoms with Gasteiger partial charge in [-0.15, -0.1) is 0 Å². The minimum absolute atomic E-state index is 0.247. The lowest BCUT2D eigenvalue weighted by molar-refractivity contribution is 0.171. The van der Waals surface area contributed by atoms with Crippen molar-refractivity contribution in [1.29, 1.82) is 0 Å². The summed E-state index contributed by atoms with van der Waals surface area (Å²) in [5.41, 5.74) is 1.54. The second-order valence-electron chi connectivity index (χ2n) is 5.39. The van der Waals surface area contributed by atoms with Crippen LogP contribution in [0, 0.1) is 0 Å². The summed E-state index contributed by atoms with van der Waals surface area (Å²) in [5.74, 6) is 1.44. The molecular weight excluding hydrogens is 351 g/mol. The predicted molar refractivity (Wildman–Crippen MR) is 94.4 cm³/mol. The molecule has 1 heterocycles. The fraction of sp³-hybridized carbons (Fsp3) is 0.235. The highest BCUT2D eigenvalue weighted by molar-refractivity contribution is 6.42. The van der Waals surface area contributed by atoms with Crippen molar-refractivity contribution in [3.63, 3.8) is 0 Å². The van der Waals surface area contributed by atoms with Crippen molar-refractivity contribution in [3.05, 3.63) is 52.0 Å². The van der Waals surface area contributed by atoms with Crippen molar-refractivity contribution in [3.8, 4) is 11.5 Å². The van der Waals surface area contributed by atoms with Crippen LogP contribution in [0.5, 0.6) is 11.5 Å². The highest BCUT2D eigenvalue weighted by Crippen LogP contribution is 2.31. The number of amides is 2. The van der Waals surface area contributed by atoms with Crippen LogP contribution in [0.15, 0.2) is 36.4 Å². The largest absolute Gasteiger partial charge is 0.486 e. The molecule has 2 amide bonds. The topological polar surface area (TPSA) is 50.8 Å². The van der Waals surface area contributed by atoms with E-state index in [1.54, 1.807) is 30.1 Å². The Morgan fingerprint density at radius 1 is 1.08 bits per heavy atom. The van der Waals surface area contributed by atoms with Crippen LogP contribution in [-0.2, 0) is 6.54 Å². The molecule has 0 saturated heterocycles. The van der Waals surface area contributed by atoms with Gasteiger partial charge in [0, 0.05) is 19.3 Å². The fourth-order valence-electron chi connectivity index (χ4n) is 2.32. The molecule has 0 fully saturated rings. The third kappa shape index (κ3) is 3.86. The Labute approximate surface area is 150 Å². The Balaban J connectivity index is 1.64. The summed E-state index contributed by atoms with van der Waals surface area (Å²) in [6.07, 6.45) is 0. The molecule has 0 aliphatic carbocycles. The molecule has 7 heteroatoms. The van der Waals surface area contributed by atoms with Crippen molar-refractivity contribution < 1.29 is 14.3 Å². The van der Waals surface area contributed by atoms with Crippen LogP contribution in [0.4, 0.5) is 10.5 Å². The maximum absolute atomic E-state index is 12.3. The molecule has 5 nitrogen and oxygen atoms in total. The normalized spacial score (nSPS) is 12.6. The van der Waals surface area contributed by atoms with Crippen LogP contribution in [0.25, 0.3) is 0 Å². The van der Waals surface area contributed by atoms with Gasteiger partial charge in [0.05, 0.1) is 10.0 Å². The van der Waals surface area contributed by atoms with E-state index >= 15 is 0 Å². The lowest BCUT2D eigenvalue weighted by Gasteiger charge is -2.21. The molecular formula is C17H16Cl2N2O3. The first-order valence-electron chi connectivity index (χ1n) is 7.38. The number of hydrogen-bond acceptors (Lipinski definition) is 3. The Morgan fingerprint density at radius 2 is 1.83 bits per heavy atom. The predicted octanol–water partition coefficient (Wildman–Crippen LogP) is 4.43. The molecule has 0 aromatic heterocycles. The Bertz CT molecular complexity index is 767. The molecule has 0 saturated carbocycles. The lowest BCUT2D eigenvalue weighted by Crippen LogP contribution is -2.30. The van der Waals surface area contributed by atoms with Crippen LogP contribution < -0.4 is 14.8 Å². The summed E-state index contributed by atoms with van der Waals surface area (Å²) in [4.78, 5) is 13.8. The number of carbonyl (C=O) groups excluding carboxylic acids is 1. The summed E-state index contributed by atoms with van der Waals surface area (Å²) in [7, 11) is 1.71. The second-order valence-corrected chi connectivity index (χ2v) is 6.21. The van der Waals surface area contributed by atoms with E-state index < -0.39 is 0 Å². The average molecular weight is 367 g/mol. The third-order valence-electron chi connectivity index (χ3n) is 3.54. The molecule has 0 atom stereocenters. The first kappa shape index (κ1) is 16.7. The van der Waals surface area contributed by atoms with Gasteiger partial charge in [-0.3, -0.25) is 0 Å². The highest BCUT2D eigenvalue weighted by atomic mass is 35.5. The lowest BCUT2D eigenvalue weighted by atomic mass is 10.2. The Hall–Kier alpha value is -2.11. The van der Waals surface area contributed by atoms with E-state index in [-0.39, 0.29) is 6.03 Å². The van der Waals surface area contributed by atoms with Crippen LogP contribution >= 0.6 is 23.2 Å². The number of fused-ring (bicyclic) bond motifs is 1. The smallest absolute Gasteiger partial charge is 0.321 e. The maximum Gasteiger partial charge on any atom is 0.321 e. The van der Waals surface area contributed by atoms with Crippen molar-refractivity contribution in [2.45, 2.75) is 6.54 Å². The number of benzene rings is 2. The average Bonchev–Trinajstić information content (AvgIpc) is 2.58. The van der Waals surface area contributed by atoms with E-state index in [0.717, 1.165) is 11.3 Å². The minimum atomic E-state index is -0.247. The van der Waals surface area contributed by atoms with Crippen molar-refractivity contribution >= 4 is 34.9 Å². The number of urea groups is 1. The van der Waals surface area contributed by atoms with Gasteiger partial charge in [-0.1, -0.05) is 29.3 Å². The van der Waals surface area contributed by atoms with Gasteiger partial charge >= 0.3 is 6.03 Å². The van der Waals surface area contributed by atoms with E-state index in [0.29, 0.717) is 41.2 Å². The van der Waals surface area contributed by atoms with Gasteiger partial charge in [0.15, 0.2) is 11.5 Å². The number of carbonyl (C=O) groups is 1. The molecule has 1 N–H and O–H groups in total. The van der Waals surface area contributed by atoms with Gasteiger partial charge in [-0.25, -0.2) is 4.79 Å².